The van der Waals surface area contributed by atoms with Gasteiger partial charge >= 0.3 is 0 Å². The smallest absolute Gasteiger partial charge is 0.0797 e. The summed E-state index contributed by atoms with van der Waals surface area (Å²) in [4.78, 5) is 6.93. The van der Waals surface area contributed by atoms with E-state index in [2.05, 4.69) is 47.7 Å². The van der Waals surface area contributed by atoms with Crippen molar-refractivity contribution in [1.82, 2.24) is 4.98 Å². The molecule has 17 heavy (non-hydrogen) atoms. The highest BCUT2D eigenvalue weighted by molar-refractivity contribution is 7.98. The molecule has 1 aromatic heterocycles. The van der Waals surface area contributed by atoms with Crippen LogP contribution in [0.1, 0.15) is 10.6 Å². The Kier molecular flexibility index (Phi) is 4.45. The van der Waals surface area contributed by atoms with Gasteiger partial charge in [-0.3, -0.25) is 0 Å². The van der Waals surface area contributed by atoms with Gasteiger partial charge in [0.05, 0.1) is 11.2 Å². The molecule has 0 atom stereocenters. The van der Waals surface area contributed by atoms with Gasteiger partial charge in [0.25, 0.3) is 0 Å². The van der Waals surface area contributed by atoms with Gasteiger partial charge in [-0.25, -0.2) is 4.98 Å². The molecule has 0 unspecified atom stereocenters. The van der Waals surface area contributed by atoms with Crippen LogP contribution in [0.4, 0.5) is 5.69 Å². The third-order valence-corrected chi connectivity index (χ3v) is 4.32. The molecule has 2 nitrogen and oxygen atoms in total. The van der Waals surface area contributed by atoms with E-state index in [9.17, 15) is 0 Å². The van der Waals surface area contributed by atoms with E-state index < -0.39 is 0 Å². The van der Waals surface area contributed by atoms with E-state index in [0.717, 1.165) is 18.7 Å². The average molecular weight is 264 g/mol. The van der Waals surface area contributed by atoms with Crippen LogP contribution in [-0.2, 0) is 6.42 Å². The van der Waals surface area contributed by atoms with Crippen molar-refractivity contribution < 1.29 is 0 Å². The minimum absolute atomic E-state index is 0.959. The molecule has 0 saturated heterocycles. The Morgan fingerprint density at radius 3 is 3.00 bits per heavy atom. The first-order valence-corrected chi connectivity index (χ1v) is 7.67. The van der Waals surface area contributed by atoms with E-state index >= 15 is 0 Å². The summed E-state index contributed by atoms with van der Waals surface area (Å²) >= 11 is 3.51. The maximum absolute atomic E-state index is 4.26. The molecule has 0 aliphatic carbocycles. The molecule has 0 amide bonds. The largest absolute Gasteiger partial charge is 0.385 e. The third-order valence-electron chi connectivity index (χ3n) is 2.60. The lowest BCUT2D eigenvalue weighted by Gasteiger charge is -2.07. The number of thioether (sulfide) groups is 1. The quantitative estimate of drug-likeness (QED) is 0.831. The summed E-state index contributed by atoms with van der Waals surface area (Å²) in [6.07, 6.45) is 3.14. The van der Waals surface area contributed by atoms with Crippen LogP contribution in [-0.4, -0.2) is 17.8 Å². The Morgan fingerprint density at radius 1 is 1.41 bits per heavy atom. The van der Waals surface area contributed by atoms with Crippen LogP contribution < -0.4 is 5.32 Å². The van der Waals surface area contributed by atoms with Crippen molar-refractivity contribution in [2.75, 3.05) is 18.1 Å². The number of anilines is 1. The number of rotatable bonds is 5. The minimum Gasteiger partial charge on any atom is -0.385 e. The number of nitrogens with one attached hydrogen (secondary N) is 1. The van der Waals surface area contributed by atoms with E-state index in [-0.39, 0.29) is 0 Å². The van der Waals surface area contributed by atoms with Crippen LogP contribution in [0.3, 0.4) is 0 Å². The lowest BCUT2D eigenvalue weighted by Crippen LogP contribution is -2.04. The summed E-state index contributed by atoms with van der Waals surface area (Å²) in [5.41, 5.74) is 4.27. The average Bonchev–Trinajstić information content (AvgIpc) is 2.76. The van der Waals surface area contributed by atoms with Gasteiger partial charge in [-0.1, -0.05) is 6.07 Å². The van der Waals surface area contributed by atoms with E-state index in [0.29, 0.717) is 0 Å². The van der Waals surface area contributed by atoms with Gasteiger partial charge in [-0.05, 0) is 31.4 Å². The highest BCUT2D eigenvalue weighted by atomic mass is 32.2. The number of hydrogen-bond donors (Lipinski definition) is 1. The maximum Gasteiger partial charge on any atom is 0.0797 e. The Labute approximate surface area is 110 Å². The zero-order valence-electron chi connectivity index (χ0n) is 10.1. The molecule has 4 heteroatoms. The molecule has 0 spiro atoms. The molecule has 1 N–H and O–H groups in total. The van der Waals surface area contributed by atoms with Crippen LogP contribution in [0.15, 0.2) is 34.7 Å². The third kappa shape index (κ3) is 3.48. The number of benzene rings is 1. The molecule has 2 rings (SSSR count). The Balaban J connectivity index is 1.87. The van der Waals surface area contributed by atoms with Crippen LogP contribution >= 0.6 is 23.1 Å². The van der Waals surface area contributed by atoms with Gasteiger partial charge in [0, 0.05) is 28.4 Å². The van der Waals surface area contributed by atoms with Gasteiger partial charge in [-0.2, -0.15) is 0 Å². The van der Waals surface area contributed by atoms with Crippen molar-refractivity contribution >= 4 is 28.8 Å². The predicted octanol–water partition coefficient (Wildman–Crippen LogP) is 3.83. The lowest BCUT2D eigenvalue weighted by molar-refractivity contribution is 1.02. The van der Waals surface area contributed by atoms with E-state index in [1.54, 1.807) is 23.1 Å². The second kappa shape index (κ2) is 6.07. The Bertz CT molecular complexity index is 480. The Morgan fingerprint density at radius 2 is 2.29 bits per heavy atom. The second-order valence-corrected chi connectivity index (χ2v) is 5.59. The number of nitrogens with zero attached hydrogens (tertiary/aromatic N) is 1. The summed E-state index contributed by atoms with van der Waals surface area (Å²) in [5, 5.41) is 3.45. The predicted molar refractivity (Wildman–Crippen MR) is 77.3 cm³/mol. The highest BCUT2D eigenvalue weighted by Crippen LogP contribution is 2.19. The summed E-state index contributed by atoms with van der Waals surface area (Å²) in [5.74, 6) is 0. The number of thiazole rings is 1. The van der Waals surface area contributed by atoms with Crippen LogP contribution in [0.2, 0.25) is 0 Å². The number of hydrogen-bond acceptors (Lipinski definition) is 4. The van der Waals surface area contributed by atoms with Gasteiger partial charge in [0.15, 0.2) is 0 Å². The van der Waals surface area contributed by atoms with Gasteiger partial charge in [-0.15, -0.1) is 23.1 Å². The van der Waals surface area contributed by atoms with Crippen LogP contribution in [0, 0.1) is 6.92 Å². The molecular formula is C13H16N2S2. The van der Waals surface area contributed by atoms with E-state index in [1.807, 2.05) is 5.51 Å². The molecule has 1 aromatic carbocycles. The molecule has 0 bridgehead atoms. The molecule has 0 fully saturated rings. The second-order valence-electron chi connectivity index (χ2n) is 3.77. The molecule has 90 valence electrons. The Hall–Kier alpha value is -1.00. The normalized spacial score (nSPS) is 10.5. The molecule has 1 heterocycles. The fraction of sp³-hybridized carbons (Fsp3) is 0.308. The fourth-order valence-electron chi connectivity index (χ4n) is 1.62. The number of aryl methyl sites for hydroxylation is 1. The lowest BCUT2D eigenvalue weighted by atomic mass is 10.3. The summed E-state index contributed by atoms with van der Waals surface area (Å²) in [7, 11) is 0. The van der Waals surface area contributed by atoms with Gasteiger partial charge < -0.3 is 5.32 Å². The first-order chi connectivity index (χ1) is 8.29. The van der Waals surface area contributed by atoms with Crippen molar-refractivity contribution in [1.29, 1.82) is 0 Å². The van der Waals surface area contributed by atoms with Crippen molar-refractivity contribution in [3.05, 3.63) is 40.3 Å². The standard InChI is InChI=1S/C13H16N2S2/c1-10-13(17-9-15-10)6-7-14-11-4-3-5-12(8-11)16-2/h3-5,8-9,14H,6-7H2,1-2H3. The van der Waals surface area contributed by atoms with Gasteiger partial charge in [0.2, 0.25) is 0 Å². The fourth-order valence-corrected chi connectivity index (χ4v) is 2.86. The highest BCUT2D eigenvalue weighted by Gasteiger charge is 2.00. The van der Waals surface area contributed by atoms with Crippen LogP contribution in [0.25, 0.3) is 0 Å². The van der Waals surface area contributed by atoms with Crippen molar-refractivity contribution in [2.24, 2.45) is 0 Å². The summed E-state index contributed by atoms with van der Waals surface area (Å²) < 4.78 is 0. The maximum atomic E-state index is 4.26. The zero-order valence-corrected chi connectivity index (χ0v) is 11.7. The van der Waals surface area contributed by atoms with E-state index in [4.69, 9.17) is 0 Å². The summed E-state index contributed by atoms with van der Waals surface area (Å²) in [6, 6.07) is 8.51. The van der Waals surface area contributed by atoms with E-state index in [1.165, 1.54) is 15.5 Å². The molecule has 2 aromatic rings. The first kappa shape index (κ1) is 12.5. The topological polar surface area (TPSA) is 24.9 Å². The van der Waals surface area contributed by atoms with Gasteiger partial charge in [0.1, 0.15) is 0 Å². The summed E-state index contributed by atoms with van der Waals surface area (Å²) in [6.45, 7) is 3.03. The molecule has 0 radical (unpaired) electrons. The monoisotopic (exact) mass is 264 g/mol. The molecule has 0 aliphatic heterocycles. The SMILES string of the molecule is CSc1cccc(NCCc2scnc2C)c1. The zero-order chi connectivity index (χ0) is 12.1. The van der Waals surface area contributed by atoms with Crippen molar-refractivity contribution in [3.8, 4) is 0 Å². The minimum atomic E-state index is 0.959. The molecule has 0 saturated carbocycles. The van der Waals surface area contributed by atoms with Crippen molar-refractivity contribution in [3.63, 3.8) is 0 Å². The first-order valence-electron chi connectivity index (χ1n) is 5.56. The molecule has 0 aliphatic rings. The van der Waals surface area contributed by atoms with Crippen LogP contribution in [0.5, 0.6) is 0 Å². The van der Waals surface area contributed by atoms with Crippen molar-refractivity contribution in [2.45, 2.75) is 18.2 Å². The molecular weight excluding hydrogens is 248 g/mol. The number of aromatic nitrogens is 1.